The number of aromatic nitrogens is 4. The van der Waals surface area contributed by atoms with Gasteiger partial charge in [0.2, 0.25) is 5.95 Å². The summed E-state index contributed by atoms with van der Waals surface area (Å²) >= 11 is 6.24. The molecular formula is C15H16ClN5. The monoisotopic (exact) mass is 301 g/mol. The molecule has 0 amide bonds. The molecule has 0 unspecified atom stereocenters. The Kier molecular flexibility index (Phi) is 3.10. The molecule has 5 nitrogen and oxygen atoms in total. The highest BCUT2D eigenvalue weighted by atomic mass is 35.5. The lowest BCUT2D eigenvalue weighted by atomic mass is 9.86. The predicted octanol–water partition coefficient (Wildman–Crippen LogP) is 3.32. The van der Waals surface area contributed by atoms with Crippen molar-refractivity contribution in [3.8, 4) is 11.1 Å². The highest BCUT2D eigenvalue weighted by molar-refractivity contribution is 6.32. The van der Waals surface area contributed by atoms with E-state index in [9.17, 15) is 0 Å². The molecule has 0 saturated carbocycles. The number of anilines is 1. The van der Waals surface area contributed by atoms with Crippen LogP contribution in [0.4, 0.5) is 5.95 Å². The van der Waals surface area contributed by atoms with Gasteiger partial charge >= 0.3 is 0 Å². The van der Waals surface area contributed by atoms with Gasteiger partial charge in [0.15, 0.2) is 0 Å². The van der Waals surface area contributed by atoms with Crippen molar-refractivity contribution in [3.05, 3.63) is 41.2 Å². The van der Waals surface area contributed by atoms with Crippen molar-refractivity contribution in [2.75, 3.05) is 5.73 Å². The molecular weight excluding hydrogens is 286 g/mol. The van der Waals surface area contributed by atoms with E-state index in [2.05, 4.69) is 48.0 Å². The Morgan fingerprint density at radius 2 is 1.76 bits per heavy atom. The average Bonchev–Trinajstić information content (AvgIpc) is 2.76. The highest BCUT2D eigenvalue weighted by Gasteiger charge is 2.15. The van der Waals surface area contributed by atoms with Crippen molar-refractivity contribution in [2.24, 2.45) is 0 Å². The molecule has 0 spiro atoms. The van der Waals surface area contributed by atoms with Crippen LogP contribution in [0.15, 0.2) is 30.5 Å². The quantitative estimate of drug-likeness (QED) is 0.700. The molecule has 0 aliphatic heterocycles. The molecule has 2 heterocycles. The molecule has 0 radical (unpaired) electrons. The molecule has 108 valence electrons. The van der Waals surface area contributed by atoms with Gasteiger partial charge in [-0.25, -0.2) is 4.52 Å². The summed E-state index contributed by atoms with van der Waals surface area (Å²) in [4.78, 5) is 8.21. The topological polar surface area (TPSA) is 69.1 Å². The second-order valence-electron chi connectivity index (χ2n) is 5.99. The SMILES string of the molecule is CC(C)(C)c1ccc(-c2cn3nc(N)nc3nc2Cl)cc1. The van der Waals surface area contributed by atoms with Crippen LogP contribution in [-0.4, -0.2) is 19.6 Å². The predicted molar refractivity (Wildman–Crippen MR) is 84.3 cm³/mol. The first-order chi connectivity index (χ1) is 9.84. The van der Waals surface area contributed by atoms with E-state index < -0.39 is 0 Å². The number of rotatable bonds is 1. The summed E-state index contributed by atoms with van der Waals surface area (Å²) in [7, 11) is 0. The zero-order chi connectivity index (χ0) is 15.2. The van der Waals surface area contributed by atoms with Crippen LogP contribution in [0.25, 0.3) is 16.9 Å². The fourth-order valence-electron chi connectivity index (χ4n) is 2.16. The van der Waals surface area contributed by atoms with Crippen LogP contribution in [-0.2, 0) is 5.41 Å². The lowest BCUT2D eigenvalue weighted by Gasteiger charge is -2.19. The van der Waals surface area contributed by atoms with Crippen LogP contribution in [0.1, 0.15) is 26.3 Å². The van der Waals surface area contributed by atoms with E-state index in [1.807, 2.05) is 12.1 Å². The number of hydrogen-bond donors (Lipinski definition) is 1. The normalized spacial score (nSPS) is 12.0. The average molecular weight is 302 g/mol. The van der Waals surface area contributed by atoms with Gasteiger partial charge in [0.1, 0.15) is 5.15 Å². The van der Waals surface area contributed by atoms with E-state index in [1.165, 1.54) is 10.1 Å². The van der Waals surface area contributed by atoms with Crippen LogP contribution in [0.3, 0.4) is 0 Å². The first kappa shape index (κ1) is 13.8. The van der Waals surface area contributed by atoms with Gasteiger partial charge in [-0.2, -0.15) is 9.97 Å². The van der Waals surface area contributed by atoms with Crippen molar-refractivity contribution in [1.82, 2.24) is 19.6 Å². The maximum Gasteiger partial charge on any atom is 0.255 e. The van der Waals surface area contributed by atoms with Crippen molar-refractivity contribution in [2.45, 2.75) is 26.2 Å². The van der Waals surface area contributed by atoms with Gasteiger partial charge < -0.3 is 5.73 Å². The number of benzene rings is 1. The molecule has 0 bridgehead atoms. The molecule has 3 rings (SSSR count). The smallest absolute Gasteiger partial charge is 0.255 e. The number of nitrogens with zero attached hydrogens (tertiary/aromatic N) is 4. The van der Waals surface area contributed by atoms with Crippen molar-refractivity contribution in [3.63, 3.8) is 0 Å². The zero-order valence-corrected chi connectivity index (χ0v) is 12.9. The van der Waals surface area contributed by atoms with E-state index in [1.54, 1.807) is 6.20 Å². The maximum absolute atomic E-state index is 6.24. The highest BCUT2D eigenvalue weighted by Crippen LogP contribution is 2.29. The number of nitrogen functional groups attached to an aromatic ring is 1. The molecule has 6 heteroatoms. The maximum atomic E-state index is 6.24. The summed E-state index contributed by atoms with van der Waals surface area (Å²) in [5.41, 5.74) is 8.74. The van der Waals surface area contributed by atoms with E-state index >= 15 is 0 Å². The Labute approximate surface area is 127 Å². The van der Waals surface area contributed by atoms with Crippen molar-refractivity contribution < 1.29 is 0 Å². The largest absolute Gasteiger partial charge is 0.366 e. The minimum atomic E-state index is 0.116. The third-order valence-corrected chi connectivity index (χ3v) is 3.65. The minimum absolute atomic E-state index is 0.116. The molecule has 21 heavy (non-hydrogen) atoms. The van der Waals surface area contributed by atoms with Crippen LogP contribution in [0, 0.1) is 0 Å². The molecule has 2 N–H and O–H groups in total. The zero-order valence-electron chi connectivity index (χ0n) is 12.1. The summed E-state index contributed by atoms with van der Waals surface area (Å²) in [5, 5.41) is 4.45. The van der Waals surface area contributed by atoms with Crippen molar-refractivity contribution in [1.29, 1.82) is 0 Å². The fourth-order valence-corrected chi connectivity index (χ4v) is 2.39. The number of halogens is 1. The van der Waals surface area contributed by atoms with Crippen LogP contribution in [0.5, 0.6) is 0 Å². The van der Waals surface area contributed by atoms with Gasteiger partial charge in [0.05, 0.1) is 0 Å². The molecule has 0 fully saturated rings. The van der Waals surface area contributed by atoms with Gasteiger partial charge in [0, 0.05) is 11.8 Å². The molecule has 2 aromatic heterocycles. The Morgan fingerprint density at radius 1 is 1.10 bits per heavy atom. The lowest BCUT2D eigenvalue weighted by Crippen LogP contribution is -2.10. The van der Waals surface area contributed by atoms with Gasteiger partial charge in [-0.05, 0) is 16.5 Å². The lowest BCUT2D eigenvalue weighted by molar-refractivity contribution is 0.590. The Balaban J connectivity index is 2.09. The third-order valence-electron chi connectivity index (χ3n) is 3.36. The number of hydrogen-bond acceptors (Lipinski definition) is 4. The van der Waals surface area contributed by atoms with E-state index in [-0.39, 0.29) is 11.4 Å². The molecule has 0 atom stereocenters. The van der Waals surface area contributed by atoms with Crippen LogP contribution in [0.2, 0.25) is 5.15 Å². The summed E-state index contributed by atoms with van der Waals surface area (Å²) in [6, 6.07) is 8.28. The summed E-state index contributed by atoms with van der Waals surface area (Å²) in [6.07, 6.45) is 1.79. The first-order valence-electron chi connectivity index (χ1n) is 6.64. The number of fused-ring (bicyclic) bond motifs is 1. The van der Waals surface area contributed by atoms with Gasteiger partial charge in [-0.15, -0.1) is 5.10 Å². The van der Waals surface area contributed by atoms with Gasteiger partial charge in [-0.3, -0.25) is 0 Å². The van der Waals surface area contributed by atoms with Crippen LogP contribution >= 0.6 is 11.6 Å². The molecule has 0 saturated heterocycles. The molecule has 0 aliphatic carbocycles. The summed E-state index contributed by atoms with van der Waals surface area (Å²) in [6.45, 7) is 6.54. The Bertz CT molecular complexity index is 799. The number of nitrogens with two attached hydrogens (primary N) is 1. The molecule has 0 aliphatic rings. The fraction of sp³-hybridized carbons (Fsp3) is 0.267. The van der Waals surface area contributed by atoms with E-state index in [0.29, 0.717) is 10.9 Å². The first-order valence-corrected chi connectivity index (χ1v) is 7.02. The van der Waals surface area contributed by atoms with E-state index in [0.717, 1.165) is 11.1 Å². The molecule has 1 aromatic carbocycles. The summed E-state index contributed by atoms with van der Waals surface area (Å²) < 4.78 is 1.54. The van der Waals surface area contributed by atoms with Crippen LogP contribution < -0.4 is 5.73 Å². The van der Waals surface area contributed by atoms with E-state index in [4.69, 9.17) is 17.3 Å². The van der Waals surface area contributed by atoms with Gasteiger partial charge in [-0.1, -0.05) is 56.6 Å². The molecule has 3 aromatic rings. The van der Waals surface area contributed by atoms with Gasteiger partial charge in [0.25, 0.3) is 5.78 Å². The second-order valence-corrected chi connectivity index (χ2v) is 6.35. The Hall–Kier alpha value is -2.14. The minimum Gasteiger partial charge on any atom is -0.366 e. The third kappa shape index (κ3) is 2.56. The van der Waals surface area contributed by atoms with Crippen molar-refractivity contribution >= 4 is 23.3 Å². The standard InChI is InChI=1S/C15H16ClN5/c1-15(2,3)10-6-4-9(5-7-10)11-8-21-14(18-12(11)16)19-13(17)20-21/h4-8H,1-3H3,(H2,17,20). The second kappa shape index (κ2) is 4.70. The Morgan fingerprint density at radius 3 is 2.38 bits per heavy atom. The summed E-state index contributed by atoms with van der Waals surface area (Å²) in [5.74, 6) is 0.575.